The summed E-state index contributed by atoms with van der Waals surface area (Å²) in [7, 11) is 3.16. The van der Waals surface area contributed by atoms with Crippen LogP contribution in [0.1, 0.15) is 44.5 Å². The van der Waals surface area contributed by atoms with Crippen LogP contribution in [0.5, 0.6) is 11.5 Å². The number of nitrogens with one attached hydrogen (secondary N) is 1. The first-order chi connectivity index (χ1) is 16.9. The first-order valence-electron chi connectivity index (χ1n) is 12.0. The lowest BCUT2D eigenvalue weighted by Crippen LogP contribution is -2.26. The van der Waals surface area contributed by atoms with E-state index >= 15 is 0 Å². The Morgan fingerprint density at radius 2 is 1.77 bits per heavy atom. The van der Waals surface area contributed by atoms with Crippen molar-refractivity contribution in [3.05, 3.63) is 53.9 Å². The number of ether oxygens (including phenoxy) is 3. The van der Waals surface area contributed by atoms with Gasteiger partial charge in [0, 0.05) is 13.0 Å². The third kappa shape index (κ3) is 7.47. The number of amides is 1. The Balaban J connectivity index is 1.45. The quantitative estimate of drug-likeness (QED) is 0.292. The Morgan fingerprint density at radius 1 is 1.00 bits per heavy atom. The number of carbonyl (C=O) groups is 2. The van der Waals surface area contributed by atoms with E-state index < -0.39 is 0 Å². The van der Waals surface area contributed by atoms with E-state index in [1.54, 1.807) is 20.3 Å². The second-order valence-electron chi connectivity index (χ2n) is 8.67. The highest BCUT2D eigenvalue weighted by Crippen LogP contribution is 2.27. The summed E-state index contributed by atoms with van der Waals surface area (Å²) >= 11 is 0. The van der Waals surface area contributed by atoms with Crippen molar-refractivity contribution >= 4 is 22.9 Å². The molecule has 35 heavy (non-hydrogen) atoms. The molecule has 0 fully saturated rings. The largest absolute Gasteiger partial charge is 0.493 e. The number of imidazole rings is 1. The van der Waals surface area contributed by atoms with Crippen molar-refractivity contribution in [2.75, 3.05) is 20.8 Å². The smallest absolute Gasteiger partial charge is 0.326 e. The number of unbranched alkanes of at least 4 members (excludes halogenated alkanes) is 2. The van der Waals surface area contributed by atoms with Gasteiger partial charge in [0.25, 0.3) is 0 Å². The monoisotopic (exact) mass is 481 g/mol. The second kappa shape index (κ2) is 12.8. The van der Waals surface area contributed by atoms with Gasteiger partial charge in [-0.15, -0.1) is 0 Å². The Morgan fingerprint density at radius 3 is 2.51 bits per heavy atom. The lowest BCUT2D eigenvalue weighted by Gasteiger charge is -2.11. The van der Waals surface area contributed by atoms with Crippen molar-refractivity contribution in [3.8, 4) is 11.5 Å². The van der Waals surface area contributed by atoms with Crippen LogP contribution in [0.25, 0.3) is 11.0 Å². The van der Waals surface area contributed by atoms with Gasteiger partial charge < -0.3 is 24.1 Å². The van der Waals surface area contributed by atoms with Crippen LogP contribution in [0.2, 0.25) is 0 Å². The van der Waals surface area contributed by atoms with E-state index in [1.807, 2.05) is 54.8 Å². The number of nitrogens with zero attached hydrogens (tertiary/aromatic N) is 2. The molecule has 0 aliphatic heterocycles. The molecule has 0 spiro atoms. The van der Waals surface area contributed by atoms with Gasteiger partial charge >= 0.3 is 5.97 Å². The van der Waals surface area contributed by atoms with Crippen LogP contribution in [-0.2, 0) is 33.7 Å². The number of hydrogen-bond acceptors (Lipinski definition) is 6. The second-order valence-corrected chi connectivity index (χ2v) is 8.67. The highest BCUT2D eigenvalue weighted by molar-refractivity contribution is 5.79. The van der Waals surface area contributed by atoms with Crippen molar-refractivity contribution < 1.29 is 23.8 Å². The predicted octanol–water partition coefficient (Wildman–Crippen LogP) is 4.08. The Kier molecular flexibility index (Phi) is 9.52. The standard InChI is InChI=1S/C27H35N3O5/c1-19(2)35-27(32)18-30-22-11-8-7-10-21(22)29-25(30)12-6-5-9-15-28-26(31)17-20-13-14-23(33-3)24(16-20)34-4/h7-8,10-11,13-14,16,19H,5-6,9,12,15,17-18H2,1-4H3,(H,28,31). The summed E-state index contributed by atoms with van der Waals surface area (Å²) in [4.78, 5) is 29.3. The Labute approximate surface area is 206 Å². The molecule has 8 heteroatoms. The summed E-state index contributed by atoms with van der Waals surface area (Å²) in [6, 6.07) is 13.3. The lowest BCUT2D eigenvalue weighted by molar-refractivity contribution is -0.148. The Bertz CT molecular complexity index is 1140. The molecule has 0 bridgehead atoms. The Hall–Kier alpha value is -3.55. The maximum Gasteiger partial charge on any atom is 0.326 e. The summed E-state index contributed by atoms with van der Waals surface area (Å²) in [5.41, 5.74) is 2.68. The van der Waals surface area contributed by atoms with Crippen LogP contribution in [0.15, 0.2) is 42.5 Å². The van der Waals surface area contributed by atoms with Crippen molar-refractivity contribution in [3.63, 3.8) is 0 Å². The summed E-state index contributed by atoms with van der Waals surface area (Å²) in [5.74, 6) is 1.84. The van der Waals surface area contributed by atoms with Crippen LogP contribution < -0.4 is 14.8 Å². The van der Waals surface area contributed by atoms with E-state index in [-0.39, 0.29) is 30.9 Å². The third-order valence-electron chi connectivity index (χ3n) is 5.60. The average molecular weight is 482 g/mol. The normalized spacial score (nSPS) is 11.0. The molecule has 0 radical (unpaired) electrons. The zero-order chi connectivity index (χ0) is 25.2. The van der Waals surface area contributed by atoms with Crippen molar-refractivity contribution in [2.45, 2.75) is 58.6 Å². The number of benzene rings is 2. The van der Waals surface area contributed by atoms with Gasteiger partial charge in [-0.2, -0.15) is 0 Å². The minimum atomic E-state index is -0.262. The lowest BCUT2D eigenvalue weighted by atomic mass is 10.1. The molecule has 1 aromatic heterocycles. The molecule has 3 aromatic rings. The first-order valence-corrected chi connectivity index (χ1v) is 12.0. The molecule has 188 valence electrons. The van der Waals surface area contributed by atoms with E-state index in [0.717, 1.165) is 48.1 Å². The van der Waals surface area contributed by atoms with Crippen molar-refractivity contribution in [1.29, 1.82) is 0 Å². The zero-order valence-electron chi connectivity index (χ0n) is 21.0. The zero-order valence-corrected chi connectivity index (χ0v) is 21.0. The molecule has 0 aliphatic rings. The van der Waals surface area contributed by atoms with E-state index in [0.29, 0.717) is 18.0 Å². The molecule has 1 N–H and O–H groups in total. The fourth-order valence-electron chi connectivity index (χ4n) is 3.97. The van der Waals surface area contributed by atoms with Gasteiger partial charge in [0.15, 0.2) is 11.5 Å². The number of aromatic nitrogens is 2. The van der Waals surface area contributed by atoms with Crippen LogP contribution in [0, 0.1) is 0 Å². The summed E-state index contributed by atoms with van der Waals surface area (Å²) < 4.78 is 17.8. The number of fused-ring (bicyclic) bond motifs is 1. The molecule has 3 rings (SSSR count). The van der Waals surface area contributed by atoms with E-state index in [9.17, 15) is 9.59 Å². The molecule has 8 nitrogen and oxygen atoms in total. The molecule has 0 unspecified atom stereocenters. The van der Waals surface area contributed by atoms with E-state index in [1.165, 1.54) is 0 Å². The topological polar surface area (TPSA) is 91.7 Å². The van der Waals surface area contributed by atoms with E-state index in [4.69, 9.17) is 19.2 Å². The number of hydrogen-bond donors (Lipinski definition) is 1. The SMILES string of the molecule is COc1ccc(CC(=O)NCCCCCc2nc3ccccc3n2CC(=O)OC(C)C)cc1OC. The maximum absolute atomic E-state index is 12.3. The maximum atomic E-state index is 12.3. The molecule has 0 saturated carbocycles. The van der Waals surface area contributed by atoms with Crippen LogP contribution in [0.4, 0.5) is 0 Å². The molecule has 0 aliphatic carbocycles. The first kappa shape index (κ1) is 26.1. The molecule has 1 amide bonds. The minimum absolute atomic E-state index is 0.0253. The van der Waals surface area contributed by atoms with Crippen LogP contribution in [-0.4, -0.2) is 48.3 Å². The number of carbonyl (C=O) groups excluding carboxylic acids is 2. The average Bonchev–Trinajstić information content (AvgIpc) is 3.17. The predicted molar refractivity (Wildman–Crippen MR) is 135 cm³/mol. The third-order valence-corrected chi connectivity index (χ3v) is 5.60. The molecule has 0 saturated heterocycles. The van der Waals surface area contributed by atoms with Gasteiger partial charge in [0.1, 0.15) is 12.4 Å². The van der Waals surface area contributed by atoms with Crippen molar-refractivity contribution in [2.24, 2.45) is 0 Å². The minimum Gasteiger partial charge on any atom is -0.493 e. The fourth-order valence-corrected chi connectivity index (χ4v) is 3.97. The van der Waals surface area contributed by atoms with E-state index in [2.05, 4.69) is 5.32 Å². The highest BCUT2D eigenvalue weighted by atomic mass is 16.5. The summed E-state index contributed by atoms with van der Waals surface area (Å²) in [5, 5.41) is 2.98. The summed E-state index contributed by atoms with van der Waals surface area (Å²) in [6.07, 6.45) is 3.61. The number of aryl methyl sites for hydroxylation is 1. The number of rotatable bonds is 13. The molecule has 1 heterocycles. The number of para-hydroxylation sites is 2. The fraction of sp³-hybridized carbons (Fsp3) is 0.444. The molecule has 2 aromatic carbocycles. The van der Waals surface area contributed by atoms with Crippen molar-refractivity contribution in [1.82, 2.24) is 14.9 Å². The van der Waals surface area contributed by atoms with Gasteiger partial charge in [-0.1, -0.05) is 24.6 Å². The molecular weight excluding hydrogens is 446 g/mol. The number of methoxy groups -OCH3 is 2. The molecular formula is C27H35N3O5. The molecule has 0 atom stereocenters. The van der Waals surface area contributed by atoms with Gasteiger partial charge in [0.05, 0.1) is 37.8 Å². The van der Waals surface area contributed by atoms with Gasteiger partial charge in [-0.05, 0) is 56.5 Å². The van der Waals surface area contributed by atoms with Gasteiger partial charge in [0.2, 0.25) is 5.91 Å². The highest BCUT2D eigenvalue weighted by Gasteiger charge is 2.15. The van der Waals surface area contributed by atoms with Gasteiger partial charge in [-0.3, -0.25) is 9.59 Å². The number of esters is 1. The van der Waals surface area contributed by atoms with Crippen LogP contribution >= 0.6 is 0 Å². The van der Waals surface area contributed by atoms with Crippen LogP contribution in [0.3, 0.4) is 0 Å². The van der Waals surface area contributed by atoms with Gasteiger partial charge in [-0.25, -0.2) is 4.98 Å². The summed E-state index contributed by atoms with van der Waals surface area (Å²) in [6.45, 7) is 4.46.